The van der Waals surface area contributed by atoms with Crippen LogP contribution in [-0.2, 0) is 20.7 Å². The number of hydrogen-bond acceptors (Lipinski definition) is 4. The van der Waals surface area contributed by atoms with Crippen molar-refractivity contribution in [2.45, 2.75) is 13.3 Å². The Bertz CT molecular complexity index is 886. The molecule has 2 aromatic carbocycles. The molecule has 0 saturated carbocycles. The Hall–Kier alpha value is -3.41. The Morgan fingerprint density at radius 2 is 1.81 bits per heavy atom. The normalized spacial score (nSPS) is 10.3. The third-order valence-corrected chi connectivity index (χ3v) is 3.70. The topological polar surface area (TPSA) is 73.2 Å². The van der Waals surface area contributed by atoms with Gasteiger partial charge in [-0.25, -0.2) is 4.68 Å². The van der Waals surface area contributed by atoms with Crippen LogP contribution in [0.15, 0.2) is 67.0 Å². The number of carbonyl (C=O) groups is 2. The molecule has 6 heteroatoms. The van der Waals surface area contributed by atoms with Crippen molar-refractivity contribution in [3.8, 4) is 5.69 Å². The smallest absolute Gasteiger partial charge is 0.310 e. The van der Waals surface area contributed by atoms with Crippen LogP contribution in [0.1, 0.15) is 11.1 Å². The SMILES string of the molecule is Cc1ccc(NC(=O)COC(=O)Cc2cnn(-c3ccccc3)c2)cc1. The number of amides is 1. The van der Waals surface area contributed by atoms with Crippen LogP contribution in [0.25, 0.3) is 5.69 Å². The summed E-state index contributed by atoms with van der Waals surface area (Å²) in [7, 11) is 0. The first-order chi connectivity index (χ1) is 12.6. The highest BCUT2D eigenvalue weighted by Crippen LogP contribution is 2.10. The Labute approximate surface area is 151 Å². The van der Waals surface area contributed by atoms with Crippen molar-refractivity contribution >= 4 is 17.6 Å². The zero-order valence-electron chi connectivity index (χ0n) is 14.4. The Morgan fingerprint density at radius 3 is 2.54 bits per heavy atom. The highest BCUT2D eigenvalue weighted by Gasteiger charge is 2.11. The fourth-order valence-corrected chi connectivity index (χ4v) is 2.37. The zero-order valence-corrected chi connectivity index (χ0v) is 14.4. The first-order valence-corrected chi connectivity index (χ1v) is 8.21. The summed E-state index contributed by atoms with van der Waals surface area (Å²) in [5, 5.41) is 6.91. The van der Waals surface area contributed by atoms with Gasteiger partial charge in [-0.1, -0.05) is 35.9 Å². The molecule has 0 atom stereocenters. The predicted octanol–water partition coefficient (Wildman–Crippen LogP) is 2.91. The molecule has 0 aliphatic heterocycles. The van der Waals surface area contributed by atoms with E-state index in [1.807, 2.05) is 49.4 Å². The molecule has 3 aromatic rings. The lowest BCUT2D eigenvalue weighted by Crippen LogP contribution is -2.21. The number of anilines is 1. The van der Waals surface area contributed by atoms with Gasteiger partial charge in [0.15, 0.2) is 6.61 Å². The van der Waals surface area contributed by atoms with Gasteiger partial charge in [0.05, 0.1) is 18.3 Å². The molecular weight excluding hydrogens is 330 g/mol. The second-order valence-electron chi connectivity index (χ2n) is 5.88. The van der Waals surface area contributed by atoms with Gasteiger partial charge < -0.3 is 10.1 Å². The summed E-state index contributed by atoms with van der Waals surface area (Å²) in [6.07, 6.45) is 3.44. The number of aryl methyl sites for hydroxylation is 1. The van der Waals surface area contributed by atoms with Crippen LogP contribution in [0.4, 0.5) is 5.69 Å². The van der Waals surface area contributed by atoms with E-state index < -0.39 is 5.97 Å². The summed E-state index contributed by atoms with van der Waals surface area (Å²) in [6.45, 7) is 1.65. The molecule has 0 aliphatic rings. The molecule has 1 N–H and O–H groups in total. The van der Waals surface area contributed by atoms with E-state index in [0.717, 1.165) is 16.8 Å². The third-order valence-electron chi connectivity index (χ3n) is 3.70. The maximum absolute atomic E-state index is 11.9. The van der Waals surface area contributed by atoms with Crippen LogP contribution in [0.3, 0.4) is 0 Å². The largest absolute Gasteiger partial charge is 0.455 e. The van der Waals surface area contributed by atoms with E-state index in [2.05, 4.69) is 10.4 Å². The lowest BCUT2D eigenvalue weighted by molar-refractivity contribution is -0.146. The monoisotopic (exact) mass is 349 g/mol. The van der Waals surface area contributed by atoms with Crippen molar-refractivity contribution in [1.29, 1.82) is 0 Å². The van der Waals surface area contributed by atoms with Crippen LogP contribution < -0.4 is 5.32 Å². The first-order valence-electron chi connectivity index (χ1n) is 8.21. The van der Waals surface area contributed by atoms with Crippen LogP contribution in [0.5, 0.6) is 0 Å². The van der Waals surface area contributed by atoms with Gasteiger partial charge in [-0.2, -0.15) is 5.10 Å². The number of aromatic nitrogens is 2. The molecule has 1 heterocycles. The zero-order chi connectivity index (χ0) is 18.4. The number of para-hydroxylation sites is 1. The van der Waals surface area contributed by atoms with Gasteiger partial charge in [0.25, 0.3) is 5.91 Å². The van der Waals surface area contributed by atoms with Crippen molar-refractivity contribution in [1.82, 2.24) is 9.78 Å². The second-order valence-corrected chi connectivity index (χ2v) is 5.88. The third kappa shape index (κ3) is 4.80. The Kier molecular flexibility index (Phi) is 5.43. The average molecular weight is 349 g/mol. The van der Waals surface area contributed by atoms with E-state index in [-0.39, 0.29) is 18.9 Å². The van der Waals surface area contributed by atoms with Crippen molar-refractivity contribution in [2.24, 2.45) is 0 Å². The molecule has 0 bridgehead atoms. The van der Waals surface area contributed by atoms with Gasteiger partial charge in [-0.15, -0.1) is 0 Å². The highest BCUT2D eigenvalue weighted by molar-refractivity contribution is 5.92. The van der Waals surface area contributed by atoms with Crippen LogP contribution >= 0.6 is 0 Å². The van der Waals surface area contributed by atoms with Gasteiger partial charge in [0.2, 0.25) is 0 Å². The van der Waals surface area contributed by atoms with Crippen LogP contribution in [0, 0.1) is 6.92 Å². The summed E-state index contributed by atoms with van der Waals surface area (Å²) in [5.74, 6) is -0.848. The summed E-state index contributed by atoms with van der Waals surface area (Å²) in [6, 6.07) is 17.0. The number of benzene rings is 2. The van der Waals surface area contributed by atoms with Crippen molar-refractivity contribution in [3.05, 3.63) is 78.1 Å². The molecule has 0 saturated heterocycles. The Balaban J connectivity index is 1.47. The molecule has 1 amide bonds. The van der Waals surface area contributed by atoms with Crippen LogP contribution in [0.2, 0.25) is 0 Å². The maximum Gasteiger partial charge on any atom is 0.310 e. The van der Waals surface area contributed by atoms with E-state index in [9.17, 15) is 9.59 Å². The van der Waals surface area contributed by atoms with E-state index >= 15 is 0 Å². The number of nitrogens with zero attached hydrogens (tertiary/aromatic N) is 2. The molecule has 1 aromatic heterocycles. The number of hydrogen-bond donors (Lipinski definition) is 1. The number of esters is 1. The highest BCUT2D eigenvalue weighted by atomic mass is 16.5. The van der Waals surface area contributed by atoms with Gasteiger partial charge in [0.1, 0.15) is 0 Å². The number of rotatable bonds is 6. The van der Waals surface area contributed by atoms with Gasteiger partial charge in [-0.05, 0) is 31.2 Å². The van der Waals surface area contributed by atoms with Crippen molar-refractivity contribution < 1.29 is 14.3 Å². The van der Waals surface area contributed by atoms with E-state index in [1.165, 1.54) is 0 Å². The van der Waals surface area contributed by atoms with Gasteiger partial charge >= 0.3 is 5.97 Å². The minimum absolute atomic E-state index is 0.0602. The van der Waals surface area contributed by atoms with Crippen LogP contribution in [-0.4, -0.2) is 28.3 Å². The van der Waals surface area contributed by atoms with E-state index in [0.29, 0.717) is 5.69 Å². The molecule has 3 rings (SSSR count). The second kappa shape index (κ2) is 8.11. The summed E-state index contributed by atoms with van der Waals surface area (Å²) < 4.78 is 6.72. The lowest BCUT2D eigenvalue weighted by atomic mass is 10.2. The Morgan fingerprint density at radius 1 is 1.08 bits per heavy atom. The number of carbonyl (C=O) groups excluding carboxylic acids is 2. The minimum atomic E-state index is -0.475. The fraction of sp³-hybridized carbons (Fsp3) is 0.150. The first kappa shape index (κ1) is 17.4. The summed E-state index contributed by atoms with van der Waals surface area (Å²) in [4.78, 5) is 23.8. The summed E-state index contributed by atoms with van der Waals surface area (Å²) >= 11 is 0. The molecular formula is C20H19N3O3. The predicted molar refractivity (Wildman–Crippen MR) is 98.0 cm³/mol. The number of ether oxygens (including phenoxy) is 1. The fourth-order valence-electron chi connectivity index (χ4n) is 2.37. The molecule has 0 unspecified atom stereocenters. The standard InChI is InChI=1S/C20H19N3O3/c1-15-7-9-17(10-8-15)22-19(24)14-26-20(25)11-16-12-21-23(13-16)18-5-3-2-4-6-18/h2-10,12-13H,11,14H2,1H3,(H,22,24). The molecule has 6 nitrogen and oxygen atoms in total. The lowest BCUT2D eigenvalue weighted by Gasteiger charge is -2.06. The molecule has 132 valence electrons. The maximum atomic E-state index is 11.9. The molecule has 0 radical (unpaired) electrons. The van der Waals surface area contributed by atoms with E-state index in [1.54, 1.807) is 29.2 Å². The number of nitrogens with one attached hydrogen (secondary N) is 1. The quantitative estimate of drug-likeness (QED) is 0.695. The molecule has 0 aliphatic carbocycles. The average Bonchev–Trinajstić information content (AvgIpc) is 3.11. The molecule has 0 spiro atoms. The van der Waals surface area contributed by atoms with Gasteiger partial charge in [0, 0.05) is 17.4 Å². The molecule has 0 fully saturated rings. The van der Waals surface area contributed by atoms with Gasteiger partial charge in [-0.3, -0.25) is 9.59 Å². The van der Waals surface area contributed by atoms with Crippen molar-refractivity contribution in [2.75, 3.05) is 11.9 Å². The summed E-state index contributed by atoms with van der Waals surface area (Å²) in [5.41, 5.74) is 3.40. The molecule has 26 heavy (non-hydrogen) atoms. The van der Waals surface area contributed by atoms with Crippen molar-refractivity contribution in [3.63, 3.8) is 0 Å². The minimum Gasteiger partial charge on any atom is -0.455 e. The van der Waals surface area contributed by atoms with E-state index in [4.69, 9.17) is 4.74 Å².